The Balaban J connectivity index is 1.44. The van der Waals surface area contributed by atoms with Crippen molar-refractivity contribution in [3.8, 4) is 0 Å². The van der Waals surface area contributed by atoms with Crippen molar-refractivity contribution in [1.82, 2.24) is 9.80 Å². The van der Waals surface area contributed by atoms with Crippen LogP contribution in [0, 0.1) is 0 Å². The lowest BCUT2D eigenvalue weighted by Gasteiger charge is -2.34. The molecule has 0 aliphatic carbocycles. The van der Waals surface area contributed by atoms with Crippen LogP contribution in [0.5, 0.6) is 0 Å². The summed E-state index contributed by atoms with van der Waals surface area (Å²) >= 11 is 7.41. The second kappa shape index (κ2) is 6.54. The average Bonchev–Trinajstić information content (AvgIpc) is 3.30. The van der Waals surface area contributed by atoms with Crippen LogP contribution in [-0.2, 0) is 0 Å². The van der Waals surface area contributed by atoms with Crippen molar-refractivity contribution in [3.63, 3.8) is 0 Å². The molecule has 2 aromatic heterocycles. The number of carbonyl (C=O) groups excluding carboxylic acids is 2. The Morgan fingerprint density at radius 1 is 1.00 bits per heavy atom. The number of fused-ring (bicyclic) bond motifs is 1. The summed E-state index contributed by atoms with van der Waals surface area (Å²) in [5.74, 6) is 0.173. The maximum absolute atomic E-state index is 12.7. The van der Waals surface area contributed by atoms with Crippen molar-refractivity contribution in [2.24, 2.45) is 0 Å². The first-order valence-electron chi connectivity index (χ1n) is 7.93. The number of nitrogens with zero attached hydrogens (tertiary/aromatic N) is 2. The summed E-state index contributed by atoms with van der Waals surface area (Å²) in [5, 5.41) is 3.30. The van der Waals surface area contributed by atoms with E-state index in [0.717, 1.165) is 10.3 Å². The molecule has 128 valence electrons. The van der Waals surface area contributed by atoms with Gasteiger partial charge in [0, 0.05) is 36.6 Å². The van der Waals surface area contributed by atoms with Crippen LogP contribution in [0.3, 0.4) is 0 Å². The van der Waals surface area contributed by atoms with E-state index in [2.05, 4.69) is 0 Å². The number of carbonyl (C=O) groups is 2. The molecule has 0 radical (unpaired) electrons. The molecule has 2 amide bonds. The summed E-state index contributed by atoms with van der Waals surface area (Å²) in [6.45, 7) is 2.03. The van der Waals surface area contributed by atoms with E-state index in [1.54, 1.807) is 34.1 Å². The third kappa shape index (κ3) is 3.15. The van der Waals surface area contributed by atoms with Crippen LogP contribution < -0.4 is 0 Å². The van der Waals surface area contributed by atoms with Gasteiger partial charge in [-0.05, 0) is 35.7 Å². The van der Waals surface area contributed by atoms with Gasteiger partial charge in [0.2, 0.25) is 0 Å². The van der Waals surface area contributed by atoms with Crippen LogP contribution in [-0.4, -0.2) is 47.8 Å². The van der Waals surface area contributed by atoms with E-state index in [9.17, 15) is 9.59 Å². The molecule has 7 heteroatoms. The molecule has 1 saturated heterocycles. The van der Waals surface area contributed by atoms with E-state index in [1.807, 2.05) is 17.5 Å². The minimum atomic E-state index is -0.157. The number of halogens is 1. The van der Waals surface area contributed by atoms with Crippen molar-refractivity contribution in [1.29, 1.82) is 0 Å². The number of furan rings is 1. The van der Waals surface area contributed by atoms with Gasteiger partial charge in [-0.3, -0.25) is 9.59 Å². The van der Waals surface area contributed by atoms with Crippen molar-refractivity contribution in [2.75, 3.05) is 26.2 Å². The minimum absolute atomic E-state index is 0.0282. The Labute approximate surface area is 153 Å². The molecule has 25 heavy (non-hydrogen) atoms. The fourth-order valence-corrected chi connectivity index (χ4v) is 3.82. The van der Waals surface area contributed by atoms with Crippen LogP contribution in [0.25, 0.3) is 11.0 Å². The molecule has 4 rings (SSSR count). The summed E-state index contributed by atoms with van der Waals surface area (Å²) in [6, 6.07) is 10.7. The van der Waals surface area contributed by atoms with E-state index in [1.165, 1.54) is 11.3 Å². The van der Waals surface area contributed by atoms with Gasteiger partial charge in [0.15, 0.2) is 5.76 Å². The standard InChI is InChI=1S/C18H15ClN2O3S/c19-13-3-4-14-12(10-13)11-15(24-14)17(22)20-5-7-21(8-6-20)18(23)16-2-1-9-25-16/h1-4,9-11H,5-8H2. The number of hydrogen-bond acceptors (Lipinski definition) is 4. The molecule has 3 aromatic rings. The van der Waals surface area contributed by atoms with Gasteiger partial charge in [0.05, 0.1) is 4.88 Å². The molecule has 0 bridgehead atoms. The summed E-state index contributed by atoms with van der Waals surface area (Å²) in [5.41, 5.74) is 0.638. The van der Waals surface area contributed by atoms with Gasteiger partial charge in [-0.15, -0.1) is 11.3 Å². The number of benzene rings is 1. The predicted octanol–water partition coefficient (Wildman–Crippen LogP) is 3.75. The van der Waals surface area contributed by atoms with Crippen LogP contribution in [0.1, 0.15) is 20.2 Å². The highest BCUT2D eigenvalue weighted by molar-refractivity contribution is 7.12. The SMILES string of the molecule is O=C(c1cc2cc(Cl)ccc2o1)N1CCN(C(=O)c2cccs2)CC1. The highest BCUT2D eigenvalue weighted by Crippen LogP contribution is 2.24. The first kappa shape index (κ1) is 16.2. The Morgan fingerprint density at radius 2 is 1.72 bits per heavy atom. The average molecular weight is 375 g/mol. The minimum Gasteiger partial charge on any atom is -0.451 e. The molecule has 0 N–H and O–H groups in total. The molecule has 0 atom stereocenters. The first-order valence-corrected chi connectivity index (χ1v) is 9.19. The summed E-state index contributed by atoms with van der Waals surface area (Å²) in [7, 11) is 0. The number of amides is 2. The van der Waals surface area contributed by atoms with Crippen molar-refractivity contribution < 1.29 is 14.0 Å². The van der Waals surface area contributed by atoms with E-state index in [0.29, 0.717) is 42.5 Å². The zero-order valence-corrected chi connectivity index (χ0v) is 14.8. The molecule has 1 fully saturated rings. The molecule has 0 spiro atoms. The van der Waals surface area contributed by atoms with E-state index >= 15 is 0 Å². The Bertz CT molecular complexity index is 927. The largest absolute Gasteiger partial charge is 0.451 e. The third-order valence-corrected chi connectivity index (χ3v) is 5.37. The van der Waals surface area contributed by atoms with E-state index in [4.69, 9.17) is 16.0 Å². The Morgan fingerprint density at radius 3 is 2.40 bits per heavy atom. The predicted molar refractivity (Wildman–Crippen MR) is 97.4 cm³/mol. The zero-order valence-electron chi connectivity index (χ0n) is 13.3. The van der Waals surface area contributed by atoms with Gasteiger partial charge in [-0.2, -0.15) is 0 Å². The first-order chi connectivity index (χ1) is 12.1. The number of piperazine rings is 1. The van der Waals surface area contributed by atoms with Crippen LogP contribution in [0.4, 0.5) is 0 Å². The van der Waals surface area contributed by atoms with Crippen LogP contribution in [0.2, 0.25) is 5.02 Å². The molecule has 0 unspecified atom stereocenters. The van der Waals surface area contributed by atoms with Gasteiger partial charge in [-0.1, -0.05) is 17.7 Å². The lowest BCUT2D eigenvalue weighted by atomic mass is 10.2. The van der Waals surface area contributed by atoms with Crippen molar-refractivity contribution in [3.05, 3.63) is 57.4 Å². The lowest BCUT2D eigenvalue weighted by molar-refractivity contribution is 0.0522. The molecule has 3 heterocycles. The second-order valence-corrected chi connectivity index (χ2v) is 7.24. The topological polar surface area (TPSA) is 53.8 Å². The monoisotopic (exact) mass is 374 g/mol. The van der Waals surface area contributed by atoms with Crippen LogP contribution >= 0.6 is 22.9 Å². The van der Waals surface area contributed by atoms with E-state index < -0.39 is 0 Å². The Hall–Kier alpha value is -2.31. The highest BCUT2D eigenvalue weighted by atomic mass is 35.5. The van der Waals surface area contributed by atoms with E-state index in [-0.39, 0.29) is 11.8 Å². The maximum atomic E-state index is 12.7. The number of hydrogen-bond donors (Lipinski definition) is 0. The number of thiophene rings is 1. The molecule has 1 aromatic carbocycles. The quantitative estimate of drug-likeness (QED) is 0.686. The lowest BCUT2D eigenvalue weighted by Crippen LogP contribution is -2.50. The molecule has 1 aliphatic rings. The summed E-state index contributed by atoms with van der Waals surface area (Å²) in [6.07, 6.45) is 0. The summed E-state index contributed by atoms with van der Waals surface area (Å²) < 4.78 is 5.64. The van der Waals surface area contributed by atoms with Crippen molar-refractivity contribution >= 4 is 45.7 Å². The fourth-order valence-electron chi connectivity index (χ4n) is 2.94. The van der Waals surface area contributed by atoms with Gasteiger partial charge in [0.1, 0.15) is 5.58 Å². The molecule has 0 saturated carbocycles. The molecular formula is C18H15ClN2O3S. The molecule has 5 nitrogen and oxygen atoms in total. The van der Waals surface area contributed by atoms with Gasteiger partial charge >= 0.3 is 0 Å². The maximum Gasteiger partial charge on any atom is 0.289 e. The summed E-state index contributed by atoms with van der Waals surface area (Å²) in [4.78, 5) is 29.3. The highest BCUT2D eigenvalue weighted by Gasteiger charge is 2.27. The smallest absolute Gasteiger partial charge is 0.289 e. The van der Waals surface area contributed by atoms with Gasteiger partial charge in [-0.25, -0.2) is 0 Å². The van der Waals surface area contributed by atoms with Crippen LogP contribution in [0.15, 0.2) is 46.2 Å². The van der Waals surface area contributed by atoms with Gasteiger partial charge in [0.25, 0.3) is 11.8 Å². The Kier molecular flexibility index (Phi) is 4.23. The third-order valence-electron chi connectivity index (χ3n) is 4.28. The molecular weight excluding hydrogens is 360 g/mol. The molecule has 1 aliphatic heterocycles. The second-order valence-electron chi connectivity index (χ2n) is 5.85. The van der Waals surface area contributed by atoms with Crippen molar-refractivity contribution in [2.45, 2.75) is 0 Å². The fraction of sp³-hybridized carbons (Fsp3) is 0.222. The van der Waals surface area contributed by atoms with Gasteiger partial charge < -0.3 is 14.2 Å². The normalized spacial score (nSPS) is 14.9. The number of rotatable bonds is 2. The zero-order chi connectivity index (χ0) is 17.4.